The Kier molecular flexibility index (Phi) is 5.57. The molecule has 1 unspecified atom stereocenters. The highest BCUT2D eigenvalue weighted by molar-refractivity contribution is 8.05. The number of thioether (sulfide) groups is 1. The van der Waals surface area contributed by atoms with Crippen LogP contribution in [-0.2, 0) is 16.0 Å². The van der Waals surface area contributed by atoms with Gasteiger partial charge in [0.15, 0.2) is 0 Å². The number of benzene rings is 2. The molecular weight excluding hydrogens is 365 g/mol. The molecule has 1 fully saturated rings. The zero-order chi connectivity index (χ0) is 19.4. The number of anilines is 1. The molecular formula is C20H16FN3O2S. The van der Waals surface area contributed by atoms with E-state index in [1.165, 1.54) is 48.0 Å². The van der Waals surface area contributed by atoms with Crippen molar-refractivity contribution in [3.63, 3.8) is 0 Å². The molecule has 1 aliphatic rings. The van der Waals surface area contributed by atoms with E-state index in [1.807, 2.05) is 36.4 Å². The number of nitriles is 1. The first-order chi connectivity index (χ1) is 13.0. The average molecular weight is 381 g/mol. The molecule has 1 aliphatic heterocycles. The summed E-state index contributed by atoms with van der Waals surface area (Å²) in [7, 11) is 1.42. The summed E-state index contributed by atoms with van der Waals surface area (Å²) in [5, 5.41) is 11.7. The van der Waals surface area contributed by atoms with Crippen LogP contribution < -0.4 is 10.2 Å². The van der Waals surface area contributed by atoms with Gasteiger partial charge in [0.2, 0.25) is 5.91 Å². The first kappa shape index (κ1) is 18.7. The lowest BCUT2D eigenvalue weighted by atomic mass is 10.1. The van der Waals surface area contributed by atoms with Gasteiger partial charge in [-0.05, 0) is 36.2 Å². The monoisotopic (exact) mass is 381 g/mol. The predicted molar refractivity (Wildman–Crippen MR) is 102 cm³/mol. The van der Waals surface area contributed by atoms with Gasteiger partial charge in [-0.3, -0.25) is 14.5 Å². The van der Waals surface area contributed by atoms with Crippen molar-refractivity contribution in [2.45, 2.75) is 11.7 Å². The minimum Gasteiger partial charge on any atom is -0.354 e. The van der Waals surface area contributed by atoms with E-state index in [4.69, 9.17) is 0 Å². The van der Waals surface area contributed by atoms with Crippen LogP contribution in [0, 0.1) is 17.1 Å². The van der Waals surface area contributed by atoms with Gasteiger partial charge in [-0.15, -0.1) is 0 Å². The van der Waals surface area contributed by atoms with Crippen LogP contribution in [0.2, 0.25) is 0 Å². The van der Waals surface area contributed by atoms with Crippen LogP contribution in [0.15, 0.2) is 65.2 Å². The summed E-state index contributed by atoms with van der Waals surface area (Å²) in [6.45, 7) is 0. The van der Waals surface area contributed by atoms with Crippen molar-refractivity contribution in [3.8, 4) is 6.07 Å². The third-order valence-electron chi connectivity index (χ3n) is 4.08. The second-order valence-corrected chi connectivity index (χ2v) is 7.01. The second-order valence-electron chi connectivity index (χ2n) is 5.82. The third-order valence-corrected chi connectivity index (χ3v) is 5.34. The van der Waals surface area contributed by atoms with Crippen molar-refractivity contribution in [1.82, 2.24) is 5.32 Å². The topological polar surface area (TPSA) is 73.2 Å². The van der Waals surface area contributed by atoms with Crippen molar-refractivity contribution < 1.29 is 14.0 Å². The molecule has 1 N–H and O–H groups in total. The van der Waals surface area contributed by atoms with Crippen molar-refractivity contribution in [3.05, 3.63) is 76.6 Å². The maximum absolute atomic E-state index is 13.3. The summed E-state index contributed by atoms with van der Waals surface area (Å²) in [6.07, 6.45) is 0.456. The molecule has 2 aromatic rings. The molecule has 7 heteroatoms. The summed E-state index contributed by atoms with van der Waals surface area (Å²) in [4.78, 5) is 26.5. The second kappa shape index (κ2) is 8.06. The molecule has 1 atom stereocenters. The number of hydrogen-bond acceptors (Lipinski definition) is 4. The normalized spacial score (nSPS) is 18.2. The van der Waals surface area contributed by atoms with Gasteiger partial charge in [-0.25, -0.2) is 4.39 Å². The fourth-order valence-corrected chi connectivity index (χ4v) is 4.07. The molecule has 5 nitrogen and oxygen atoms in total. The summed E-state index contributed by atoms with van der Waals surface area (Å²) in [6, 6.07) is 16.8. The van der Waals surface area contributed by atoms with Crippen molar-refractivity contribution in [2.75, 3.05) is 11.9 Å². The van der Waals surface area contributed by atoms with Crippen LogP contribution in [0.1, 0.15) is 5.56 Å². The largest absolute Gasteiger partial charge is 0.354 e. The third kappa shape index (κ3) is 3.86. The molecule has 27 heavy (non-hydrogen) atoms. The minimum absolute atomic E-state index is 0.143. The smallest absolute Gasteiger partial charge is 0.264 e. The fraction of sp³-hybridized carbons (Fsp3) is 0.150. The summed E-state index contributed by atoms with van der Waals surface area (Å²) < 4.78 is 13.3. The van der Waals surface area contributed by atoms with E-state index in [-0.39, 0.29) is 16.5 Å². The van der Waals surface area contributed by atoms with Crippen LogP contribution in [0.5, 0.6) is 0 Å². The number of nitrogens with zero attached hydrogens (tertiary/aromatic N) is 2. The molecule has 0 bridgehead atoms. The van der Waals surface area contributed by atoms with Crippen LogP contribution in [0.3, 0.4) is 0 Å². The molecule has 2 aromatic carbocycles. The number of likely N-dealkylation sites (N-methyl/N-ethyl adjacent to an activating group) is 1. The Morgan fingerprint density at radius 2 is 1.89 bits per heavy atom. The standard InChI is InChI=1S/C20H16FN3O2S/c1-23-18(25)16(12-22)20-24(15-9-7-14(21)8-10-15)19(26)17(27-20)11-13-5-3-2-4-6-13/h2-10,17H,11H2,1H3,(H,23,25)/b20-16-. The summed E-state index contributed by atoms with van der Waals surface area (Å²) >= 11 is 1.18. The van der Waals surface area contributed by atoms with Gasteiger partial charge in [0.05, 0.1) is 5.25 Å². The van der Waals surface area contributed by atoms with Crippen LogP contribution in [-0.4, -0.2) is 24.1 Å². The number of amides is 2. The SMILES string of the molecule is CNC(=O)/C(C#N)=C1\SC(Cc2ccccc2)C(=O)N1c1ccc(F)cc1. The maximum Gasteiger partial charge on any atom is 0.264 e. The first-order valence-corrected chi connectivity index (χ1v) is 9.09. The number of nitrogens with one attached hydrogen (secondary N) is 1. The summed E-state index contributed by atoms with van der Waals surface area (Å²) in [5.74, 6) is -1.25. The lowest BCUT2D eigenvalue weighted by Gasteiger charge is -2.18. The Balaban J connectivity index is 2.04. The van der Waals surface area contributed by atoms with E-state index in [1.54, 1.807) is 0 Å². The lowest BCUT2D eigenvalue weighted by molar-refractivity contribution is -0.117. The van der Waals surface area contributed by atoms with Crippen LogP contribution >= 0.6 is 11.8 Å². The zero-order valence-electron chi connectivity index (χ0n) is 14.5. The van der Waals surface area contributed by atoms with E-state index in [0.717, 1.165) is 5.56 Å². The van der Waals surface area contributed by atoms with E-state index in [2.05, 4.69) is 5.32 Å². The molecule has 0 saturated carbocycles. The Hall–Kier alpha value is -3.11. The Bertz CT molecular complexity index is 936. The molecule has 2 amide bonds. The Morgan fingerprint density at radius 1 is 1.22 bits per heavy atom. The molecule has 0 aliphatic carbocycles. The van der Waals surface area contributed by atoms with Crippen molar-refractivity contribution in [1.29, 1.82) is 5.26 Å². The van der Waals surface area contributed by atoms with Gasteiger partial charge in [0.25, 0.3) is 5.91 Å². The van der Waals surface area contributed by atoms with E-state index in [9.17, 15) is 19.2 Å². The van der Waals surface area contributed by atoms with E-state index in [0.29, 0.717) is 12.1 Å². The van der Waals surface area contributed by atoms with Gasteiger partial charge in [0.1, 0.15) is 22.5 Å². The maximum atomic E-state index is 13.3. The number of rotatable bonds is 4. The van der Waals surface area contributed by atoms with Gasteiger partial charge in [-0.2, -0.15) is 5.26 Å². The number of hydrogen-bond donors (Lipinski definition) is 1. The van der Waals surface area contributed by atoms with Crippen LogP contribution in [0.4, 0.5) is 10.1 Å². The molecule has 1 heterocycles. The molecule has 0 spiro atoms. The Morgan fingerprint density at radius 3 is 2.48 bits per heavy atom. The Labute approximate surface area is 160 Å². The first-order valence-electron chi connectivity index (χ1n) is 8.21. The van der Waals surface area contributed by atoms with Gasteiger partial charge >= 0.3 is 0 Å². The number of carbonyl (C=O) groups excluding carboxylic acids is 2. The fourth-order valence-electron chi connectivity index (χ4n) is 2.77. The molecule has 0 radical (unpaired) electrons. The van der Waals surface area contributed by atoms with Gasteiger partial charge in [-0.1, -0.05) is 42.1 Å². The minimum atomic E-state index is -0.569. The highest BCUT2D eigenvalue weighted by Gasteiger charge is 2.40. The van der Waals surface area contributed by atoms with E-state index >= 15 is 0 Å². The molecule has 1 saturated heterocycles. The molecule has 0 aromatic heterocycles. The van der Waals surface area contributed by atoms with E-state index < -0.39 is 17.0 Å². The van der Waals surface area contributed by atoms with Crippen LogP contribution in [0.25, 0.3) is 0 Å². The average Bonchev–Trinajstić information content (AvgIpc) is 3.00. The highest BCUT2D eigenvalue weighted by Crippen LogP contribution is 2.41. The van der Waals surface area contributed by atoms with Crippen molar-refractivity contribution in [2.24, 2.45) is 0 Å². The number of carbonyl (C=O) groups is 2. The van der Waals surface area contributed by atoms with Gasteiger partial charge in [0, 0.05) is 12.7 Å². The lowest BCUT2D eigenvalue weighted by Crippen LogP contribution is -2.31. The highest BCUT2D eigenvalue weighted by atomic mass is 32.2. The summed E-state index contributed by atoms with van der Waals surface area (Å²) in [5.41, 5.74) is 1.24. The zero-order valence-corrected chi connectivity index (χ0v) is 15.3. The predicted octanol–water partition coefficient (Wildman–Crippen LogP) is 3.00. The van der Waals surface area contributed by atoms with Gasteiger partial charge < -0.3 is 5.32 Å². The quantitative estimate of drug-likeness (QED) is 0.653. The van der Waals surface area contributed by atoms with Crippen molar-refractivity contribution >= 4 is 29.3 Å². The number of halogens is 1. The molecule has 3 rings (SSSR count). The molecule has 136 valence electrons.